The number of thiazole rings is 1. The number of nitrogens with one attached hydrogen (secondary N) is 1. The smallest absolute Gasteiger partial charge is 0.277 e. The summed E-state index contributed by atoms with van der Waals surface area (Å²) in [6.45, 7) is 1.96. The van der Waals surface area contributed by atoms with Crippen molar-refractivity contribution >= 4 is 28.0 Å². The second-order valence-electron chi connectivity index (χ2n) is 6.08. The number of pyridine rings is 1. The maximum absolute atomic E-state index is 12.6. The quantitative estimate of drug-likeness (QED) is 0.553. The van der Waals surface area contributed by atoms with Gasteiger partial charge in [-0.3, -0.25) is 10.1 Å². The summed E-state index contributed by atoms with van der Waals surface area (Å²) in [4.78, 5) is 21.4. The molecule has 0 aliphatic heterocycles. The lowest BCUT2D eigenvalue weighted by Crippen LogP contribution is -2.12. The first kappa shape index (κ1) is 18.0. The number of benzene rings is 1. The minimum atomic E-state index is -0.295. The molecular formula is C20H18N4O3S. The maximum atomic E-state index is 12.6. The number of amides is 1. The number of fused-ring (bicyclic) bond motifs is 1. The summed E-state index contributed by atoms with van der Waals surface area (Å²) >= 11 is 1.35. The lowest BCUT2D eigenvalue weighted by atomic mass is 10.1. The van der Waals surface area contributed by atoms with Gasteiger partial charge in [0.25, 0.3) is 5.91 Å². The Hall–Kier alpha value is -3.39. The highest BCUT2D eigenvalue weighted by molar-refractivity contribution is 7.14. The van der Waals surface area contributed by atoms with Gasteiger partial charge in [0.05, 0.1) is 19.9 Å². The Morgan fingerprint density at radius 2 is 1.93 bits per heavy atom. The van der Waals surface area contributed by atoms with Gasteiger partial charge < -0.3 is 13.9 Å². The molecule has 3 heterocycles. The molecule has 1 amide bonds. The fourth-order valence-electron chi connectivity index (χ4n) is 2.88. The van der Waals surface area contributed by atoms with Crippen LogP contribution < -0.4 is 14.8 Å². The summed E-state index contributed by atoms with van der Waals surface area (Å²) in [6.07, 6.45) is 1.73. The Labute approximate surface area is 165 Å². The van der Waals surface area contributed by atoms with Crippen molar-refractivity contribution in [1.29, 1.82) is 0 Å². The highest BCUT2D eigenvalue weighted by Crippen LogP contribution is 2.33. The molecule has 3 aromatic heterocycles. The predicted molar refractivity (Wildman–Crippen MR) is 109 cm³/mol. The van der Waals surface area contributed by atoms with Gasteiger partial charge in [-0.1, -0.05) is 6.07 Å². The van der Waals surface area contributed by atoms with E-state index < -0.39 is 0 Å². The van der Waals surface area contributed by atoms with Gasteiger partial charge in [0.2, 0.25) is 0 Å². The molecule has 0 aliphatic rings. The van der Waals surface area contributed by atoms with E-state index in [-0.39, 0.29) is 5.91 Å². The molecule has 0 saturated heterocycles. The molecule has 4 rings (SSSR count). The Morgan fingerprint density at radius 1 is 1.11 bits per heavy atom. The third kappa shape index (κ3) is 3.29. The zero-order valence-electron chi connectivity index (χ0n) is 15.6. The molecule has 0 saturated carbocycles. The fourth-order valence-corrected chi connectivity index (χ4v) is 3.59. The molecular weight excluding hydrogens is 376 g/mol. The average Bonchev–Trinajstić information content (AvgIpc) is 3.35. The van der Waals surface area contributed by atoms with E-state index in [1.165, 1.54) is 11.3 Å². The van der Waals surface area contributed by atoms with Crippen molar-refractivity contribution in [1.82, 2.24) is 14.4 Å². The van der Waals surface area contributed by atoms with Crippen LogP contribution in [0.15, 0.2) is 48.0 Å². The van der Waals surface area contributed by atoms with E-state index in [9.17, 15) is 4.79 Å². The van der Waals surface area contributed by atoms with Crippen LogP contribution in [0.2, 0.25) is 0 Å². The Morgan fingerprint density at radius 3 is 2.68 bits per heavy atom. The predicted octanol–water partition coefficient (Wildman–Crippen LogP) is 4.04. The van der Waals surface area contributed by atoms with Crippen molar-refractivity contribution in [2.45, 2.75) is 6.92 Å². The number of anilines is 1. The molecule has 0 aliphatic carbocycles. The van der Waals surface area contributed by atoms with Crippen molar-refractivity contribution in [2.24, 2.45) is 0 Å². The SMILES string of the molecule is COc1ccc(-c2csc(NC(=O)c3cn4c(C)cccc4n3)n2)cc1OC. The summed E-state index contributed by atoms with van der Waals surface area (Å²) in [6, 6.07) is 11.3. The van der Waals surface area contributed by atoms with Gasteiger partial charge in [0, 0.05) is 22.8 Å². The fraction of sp³-hybridized carbons (Fsp3) is 0.150. The molecule has 7 nitrogen and oxygen atoms in total. The number of carbonyl (C=O) groups is 1. The Balaban J connectivity index is 1.56. The molecule has 142 valence electrons. The van der Waals surface area contributed by atoms with Crippen LogP contribution in [0.5, 0.6) is 11.5 Å². The van der Waals surface area contributed by atoms with E-state index in [0.717, 1.165) is 22.6 Å². The lowest BCUT2D eigenvalue weighted by molar-refractivity contribution is 0.102. The van der Waals surface area contributed by atoms with E-state index in [1.54, 1.807) is 20.4 Å². The molecule has 8 heteroatoms. The van der Waals surface area contributed by atoms with Crippen LogP contribution in [0.4, 0.5) is 5.13 Å². The number of carbonyl (C=O) groups excluding carboxylic acids is 1. The Kier molecular flexibility index (Phi) is 4.70. The zero-order chi connectivity index (χ0) is 19.7. The van der Waals surface area contributed by atoms with E-state index in [1.807, 2.05) is 53.1 Å². The van der Waals surface area contributed by atoms with Crippen LogP contribution in [0, 0.1) is 6.92 Å². The molecule has 1 aromatic carbocycles. The van der Waals surface area contributed by atoms with Crippen molar-refractivity contribution in [3.63, 3.8) is 0 Å². The van der Waals surface area contributed by atoms with Crippen LogP contribution in [-0.2, 0) is 0 Å². The van der Waals surface area contributed by atoms with Crippen LogP contribution in [0.3, 0.4) is 0 Å². The first-order valence-electron chi connectivity index (χ1n) is 8.53. The maximum Gasteiger partial charge on any atom is 0.277 e. The third-order valence-corrected chi connectivity index (χ3v) is 5.09. The lowest BCUT2D eigenvalue weighted by Gasteiger charge is -2.08. The van der Waals surface area contributed by atoms with E-state index in [4.69, 9.17) is 9.47 Å². The second-order valence-corrected chi connectivity index (χ2v) is 6.94. The number of rotatable bonds is 5. The molecule has 0 fully saturated rings. The van der Waals surface area contributed by atoms with Crippen LogP contribution in [0.1, 0.15) is 16.2 Å². The van der Waals surface area contributed by atoms with Crippen LogP contribution >= 0.6 is 11.3 Å². The number of ether oxygens (including phenoxy) is 2. The normalized spacial score (nSPS) is 10.8. The minimum absolute atomic E-state index is 0.295. The molecule has 1 N–H and O–H groups in total. The van der Waals surface area contributed by atoms with Crippen molar-refractivity contribution < 1.29 is 14.3 Å². The van der Waals surface area contributed by atoms with Crippen molar-refractivity contribution in [3.8, 4) is 22.8 Å². The van der Waals surface area contributed by atoms with Gasteiger partial charge in [-0.15, -0.1) is 11.3 Å². The minimum Gasteiger partial charge on any atom is -0.493 e. The summed E-state index contributed by atoms with van der Waals surface area (Å²) in [7, 11) is 3.18. The highest BCUT2D eigenvalue weighted by atomic mass is 32.1. The van der Waals surface area contributed by atoms with Gasteiger partial charge in [0.1, 0.15) is 11.3 Å². The summed E-state index contributed by atoms with van der Waals surface area (Å²) in [5.41, 5.74) is 3.70. The van der Waals surface area contributed by atoms with Crippen LogP contribution in [-0.4, -0.2) is 34.5 Å². The number of aromatic nitrogens is 3. The van der Waals surface area contributed by atoms with E-state index in [0.29, 0.717) is 22.3 Å². The monoisotopic (exact) mass is 394 g/mol. The highest BCUT2D eigenvalue weighted by Gasteiger charge is 2.15. The number of imidazole rings is 1. The molecule has 0 atom stereocenters. The molecule has 0 unspecified atom stereocenters. The standard InChI is InChI=1S/C20H18N4O3S/c1-12-5-4-6-18-21-14(10-24(12)18)19(25)23-20-22-15(11-28-20)13-7-8-16(26-2)17(9-13)27-3/h4-11H,1-3H3,(H,22,23,25). The van der Waals surface area contributed by atoms with Crippen molar-refractivity contribution in [2.75, 3.05) is 19.5 Å². The number of nitrogens with zero attached hydrogens (tertiary/aromatic N) is 3. The number of methoxy groups -OCH3 is 2. The average molecular weight is 394 g/mol. The third-order valence-electron chi connectivity index (χ3n) is 4.33. The van der Waals surface area contributed by atoms with Gasteiger partial charge >= 0.3 is 0 Å². The molecule has 28 heavy (non-hydrogen) atoms. The number of aryl methyl sites for hydroxylation is 1. The van der Waals surface area contributed by atoms with E-state index >= 15 is 0 Å². The van der Waals surface area contributed by atoms with Gasteiger partial charge in [-0.25, -0.2) is 9.97 Å². The number of hydrogen-bond donors (Lipinski definition) is 1. The molecule has 4 aromatic rings. The van der Waals surface area contributed by atoms with Crippen LogP contribution in [0.25, 0.3) is 16.9 Å². The van der Waals surface area contributed by atoms with E-state index in [2.05, 4.69) is 15.3 Å². The second kappa shape index (κ2) is 7.32. The first-order chi connectivity index (χ1) is 13.6. The molecule has 0 radical (unpaired) electrons. The van der Waals surface area contributed by atoms with Gasteiger partial charge in [0.15, 0.2) is 16.6 Å². The molecule has 0 spiro atoms. The summed E-state index contributed by atoms with van der Waals surface area (Å²) in [5, 5.41) is 5.20. The molecule has 0 bridgehead atoms. The zero-order valence-corrected chi connectivity index (χ0v) is 16.4. The Bertz CT molecular complexity index is 1170. The van der Waals surface area contributed by atoms with Gasteiger partial charge in [-0.05, 0) is 37.3 Å². The summed E-state index contributed by atoms with van der Waals surface area (Å²) < 4.78 is 12.5. The van der Waals surface area contributed by atoms with Crippen molar-refractivity contribution in [3.05, 3.63) is 59.4 Å². The largest absolute Gasteiger partial charge is 0.493 e. The number of hydrogen-bond acceptors (Lipinski definition) is 6. The first-order valence-corrected chi connectivity index (χ1v) is 9.41. The van der Waals surface area contributed by atoms with Gasteiger partial charge in [-0.2, -0.15) is 0 Å². The summed E-state index contributed by atoms with van der Waals surface area (Å²) in [5.74, 6) is 0.979. The topological polar surface area (TPSA) is 77.8 Å².